The second-order valence-corrected chi connectivity index (χ2v) is 6.19. The van der Waals surface area contributed by atoms with Gasteiger partial charge >= 0.3 is 5.63 Å². The second-order valence-electron chi connectivity index (χ2n) is 6.19. The number of methoxy groups -OCH3 is 1. The van der Waals surface area contributed by atoms with E-state index in [1.165, 1.54) is 0 Å². The van der Waals surface area contributed by atoms with Gasteiger partial charge in [0.15, 0.2) is 0 Å². The Morgan fingerprint density at radius 1 is 1.22 bits per heavy atom. The van der Waals surface area contributed by atoms with Crippen molar-refractivity contribution in [1.82, 2.24) is 4.90 Å². The Bertz CT molecular complexity index is 785. The smallest absolute Gasteiger partial charge is 0.349 e. The van der Waals surface area contributed by atoms with Crippen LogP contribution in [0.1, 0.15) is 43.5 Å². The molecule has 122 valence electrons. The first-order valence-corrected chi connectivity index (χ1v) is 7.96. The van der Waals surface area contributed by atoms with Gasteiger partial charge in [0.25, 0.3) is 5.91 Å². The number of likely N-dealkylation sites (tertiary alicyclic amines) is 1. The Morgan fingerprint density at radius 2 is 1.91 bits per heavy atom. The Kier molecular flexibility index (Phi) is 4.11. The van der Waals surface area contributed by atoms with E-state index in [1.54, 1.807) is 31.4 Å². The van der Waals surface area contributed by atoms with Gasteiger partial charge in [0.1, 0.15) is 16.9 Å². The maximum atomic E-state index is 12.9. The number of benzene rings is 1. The molecule has 0 bridgehead atoms. The summed E-state index contributed by atoms with van der Waals surface area (Å²) in [5.74, 6) is 0.410. The molecular weight excluding hydrogens is 294 g/mol. The van der Waals surface area contributed by atoms with Gasteiger partial charge in [-0.3, -0.25) is 4.79 Å². The first-order valence-electron chi connectivity index (χ1n) is 7.96. The normalized spacial score (nSPS) is 21.4. The number of piperidine rings is 1. The van der Waals surface area contributed by atoms with Gasteiger partial charge in [-0.2, -0.15) is 0 Å². The first kappa shape index (κ1) is 15.6. The molecule has 1 aromatic heterocycles. The minimum atomic E-state index is -0.586. The number of amides is 1. The number of fused-ring (bicyclic) bond motifs is 1. The maximum absolute atomic E-state index is 12.9. The van der Waals surface area contributed by atoms with Gasteiger partial charge in [-0.25, -0.2) is 4.79 Å². The van der Waals surface area contributed by atoms with Crippen LogP contribution in [0.25, 0.3) is 11.0 Å². The zero-order chi connectivity index (χ0) is 16.6. The predicted octanol–water partition coefficient (Wildman–Crippen LogP) is 3.20. The fraction of sp³-hybridized carbons (Fsp3) is 0.444. The zero-order valence-corrected chi connectivity index (χ0v) is 13.7. The summed E-state index contributed by atoms with van der Waals surface area (Å²) in [6.07, 6.45) is 3.03. The van der Waals surface area contributed by atoms with Gasteiger partial charge in [0.05, 0.1) is 7.11 Å². The van der Waals surface area contributed by atoms with Crippen molar-refractivity contribution >= 4 is 16.9 Å². The third kappa shape index (κ3) is 2.83. The molecule has 3 rings (SSSR count). The molecule has 0 radical (unpaired) electrons. The van der Waals surface area contributed by atoms with Gasteiger partial charge in [0.2, 0.25) is 0 Å². The summed E-state index contributed by atoms with van der Waals surface area (Å²) in [5, 5.41) is 0.685. The van der Waals surface area contributed by atoms with Crippen LogP contribution in [-0.2, 0) is 0 Å². The van der Waals surface area contributed by atoms with Crippen LogP contribution < -0.4 is 10.4 Å². The molecule has 5 nitrogen and oxygen atoms in total. The van der Waals surface area contributed by atoms with E-state index in [4.69, 9.17) is 9.15 Å². The molecule has 1 aliphatic rings. The lowest BCUT2D eigenvalue weighted by Crippen LogP contribution is -2.48. The molecule has 5 heteroatoms. The van der Waals surface area contributed by atoms with Crippen molar-refractivity contribution in [2.45, 2.75) is 45.2 Å². The predicted molar refractivity (Wildman–Crippen MR) is 88.0 cm³/mol. The fourth-order valence-corrected chi connectivity index (χ4v) is 3.34. The molecule has 2 heterocycles. The number of carbonyl (C=O) groups excluding carboxylic acids is 1. The quantitative estimate of drug-likeness (QED) is 0.799. The molecule has 2 aromatic rings. The van der Waals surface area contributed by atoms with Crippen molar-refractivity contribution < 1.29 is 13.9 Å². The number of carbonyl (C=O) groups is 1. The molecule has 0 aliphatic carbocycles. The highest BCUT2D eigenvalue weighted by Gasteiger charge is 2.31. The molecule has 1 aliphatic heterocycles. The number of ether oxygens (including phenoxy) is 1. The standard InChI is InChI=1S/C18H21NO4/c1-11-5-4-6-12(2)19(11)17(20)15-10-13-9-14(22-3)7-8-16(13)23-18(15)21/h7-12H,4-6H2,1-3H3. The summed E-state index contributed by atoms with van der Waals surface area (Å²) >= 11 is 0. The fourth-order valence-electron chi connectivity index (χ4n) is 3.34. The van der Waals surface area contributed by atoms with Crippen LogP contribution in [0.15, 0.2) is 33.5 Å². The monoisotopic (exact) mass is 315 g/mol. The largest absolute Gasteiger partial charge is 0.497 e. The van der Waals surface area contributed by atoms with E-state index in [0.29, 0.717) is 16.7 Å². The average molecular weight is 315 g/mol. The van der Waals surface area contributed by atoms with Crippen LogP contribution in [0, 0.1) is 0 Å². The molecular formula is C18H21NO4. The molecule has 0 spiro atoms. The summed E-state index contributed by atoms with van der Waals surface area (Å²) in [5.41, 5.74) is -0.0453. The zero-order valence-electron chi connectivity index (χ0n) is 13.7. The lowest BCUT2D eigenvalue weighted by atomic mass is 9.96. The van der Waals surface area contributed by atoms with Crippen LogP contribution in [0.5, 0.6) is 5.75 Å². The molecule has 1 amide bonds. The Morgan fingerprint density at radius 3 is 2.57 bits per heavy atom. The lowest BCUT2D eigenvalue weighted by molar-refractivity contribution is 0.0506. The molecule has 1 saturated heterocycles. The summed E-state index contributed by atoms with van der Waals surface area (Å²) < 4.78 is 10.5. The minimum absolute atomic E-state index is 0.0892. The molecule has 1 aromatic carbocycles. The van der Waals surface area contributed by atoms with Crippen molar-refractivity contribution in [3.63, 3.8) is 0 Å². The van der Waals surface area contributed by atoms with E-state index < -0.39 is 5.63 Å². The molecule has 0 N–H and O–H groups in total. The van der Waals surface area contributed by atoms with Crippen molar-refractivity contribution in [2.75, 3.05) is 7.11 Å². The third-order valence-corrected chi connectivity index (χ3v) is 4.60. The van der Waals surface area contributed by atoms with Gasteiger partial charge in [-0.1, -0.05) is 0 Å². The van der Waals surface area contributed by atoms with E-state index in [1.807, 2.05) is 18.7 Å². The Hall–Kier alpha value is -2.30. The molecule has 1 fully saturated rings. The molecule has 0 saturated carbocycles. The average Bonchev–Trinajstić information content (AvgIpc) is 2.53. The SMILES string of the molecule is COc1ccc2oc(=O)c(C(=O)N3C(C)CCCC3C)cc2c1. The summed E-state index contributed by atoms with van der Waals surface area (Å²) in [6, 6.07) is 7.04. The van der Waals surface area contributed by atoms with E-state index >= 15 is 0 Å². The van der Waals surface area contributed by atoms with Crippen LogP contribution >= 0.6 is 0 Å². The summed E-state index contributed by atoms with van der Waals surface area (Å²) in [7, 11) is 1.57. The van der Waals surface area contributed by atoms with E-state index in [0.717, 1.165) is 19.3 Å². The van der Waals surface area contributed by atoms with Crippen molar-refractivity contribution in [2.24, 2.45) is 0 Å². The van der Waals surface area contributed by atoms with Gasteiger partial charge < -0.3 is 14.1 Å². The highest BCUT2D eigenvalue weighted by molar-refractivity contribution is 5.97. The van der Waals surface area contributed by atoms with Crippen molar-refractivity contribution in [3.8, 4) is 5.75 Å². The topological polar surface area (TPSA) is 59.8 Å². The Labute approximate surface area is 134 Å². The second kappa shape index (κ2) is 6.07. The summed E-state index contributed by atoms with van der Waals surface area (Å²) in [4.78, 5) is 26.9. The van der Waals surface area contributed by atoms with Crippen LogP contribution in [0.3, 0.4) is 0 Å². The summed E-state index contributed by atoms with van der Waals surface area (Å²) in [6.45, 7) is 4.05. The molecule has 23 heavy (non-hydrogen) atoms. The van der Waals surface area contributed by atoms with Gasteiger partial charge in [-0.15, -0.1) is 0 Å². The lowest BCUT2D eigenvalue weighted by Gasteiger charge is -2.38. The van der Waals surface area contributed by atoms with E-state index in [2.05, 4.69) is 0 Å². The number of nitrogens with zero attached hydrogens (tertiary/aromatic N) is 1. The molecule has 2 unspecified atom stereocenters. The maximum Gasteiger partial charge on any atom is 0.349 e. The minimum Gasteiger partial charge on any atom is -0.497 e. The number of hydrogen-bond donors (Lipinski definition) is 0. The highest BCUT2D eigenvalue weighted by atomic mass is 16.5. The Balaban J connectivity index is 2.05. The number of hydrogen-bond acceptors (Lipinski definition) is 4. The third-order valence-electron chi connectivity index (χ3n) is 4.60. The number of rotatable bonds is 2. The van der Waals surface area contributed by atoms with E-state index in [9.17, 15) is 9.59 Å². The highest BCUT2D eigenvalue weighted by Crippen LogP contribution is 2.25. The van der Waals surface area contributed by atoms with Crippen LogP contribution in [-0.4, -0.2) is 30.0 Å². The van der Waals surface area contributed by atoms with Gasteiger partial charge in [-0.05, 0) is 57.4 Å². The van der Waals surface area contributed by atoms with Gasteiger partial charge in [0, 0.05) is 17.5 Å². The first-order chi connectivity index (χ1) is 11.0. The van der Waals surface area contributed by atoms with Crippen LogP contribution in [0.4, 0.5) is 0 Å². The van der Waals surface area contributed by atoms with Crippen molar-refractivity contribution in [3.05, 3.63) is 40.2 Å². The van der Waals surface area contributed by atoms with E-state index in [-0.39, 0.29) is 23.6 Å². The van der Waals surface area contributed by atoms with Crippen LogP contribution in [0.2, 0.25) is 0 Å². The molecule has 2 atom stereocenters. The van der Waals surface area contributed by atoms with Crippen molar-refractivity contribution in [1.29, 1.82) is 0 Å².